The quantitative estimate of drug-likeness (QED) is 0.642. The summed E-state index contributed by atoms with van der Waals surface area (Å²) in [5.41, 5.74) is 0.439. The molecular formula is C15H29NO2. The number of hydrogen-bond acceptors (Lipinski definition) is 2. The van der Waals surface area contributed by atoms with E-state index in [4.69, 9.17) is 5.11 Å². The molecule has 0 aromatic rings. The topological polar surface area (TPSA) is 40.5 Å². The number of carbonyl (C=O) groups is 1. The summed E-state index contributed by atoms with van der Waals surface area (Å²) in [6.07, 6.45) is 4.15. The zero-order chi connectivity index (χ0) is 14.1. The van der Waals surface area contributed by atoms with E-state index in [9.17, 15) is 4.79 Å². The number of hydrogen-bond donors (Lipinski definition) is 1. The van der Waals surface area contributed by atoms with Crippen LogP contribution in [0, 0.1) is 11.8 Å². The lowest BCUT2D eigenvalue weighted by molar-refractivity contribution is -0.132. The molecule has 0 fully saturated rings. The lowest BCUT2D eigenvalue weighted by Gasteiger charge is -2.22. The van der Waals surface area contributed by atoms with Gasteiger partial charge in [-0.05, 0) is 44.7 Å². The van der Waals surface area contributed by atoms with Crippen molar-refractivity contribution in [1.29, 1.82) is 0 Å². The van der Waals surface area contributed by atoms with Crippen LogP contribution >= 0.6 is 0 Å². The van der Waals surface area contributed by atoms with Crippen LogP contribution in [0.2, 0.25) is 0 Å². The summed E-state index contributed by atoms with van der Waals surface area (Å²) in [4.78, 5) is 13.1. The van der Waals surface area contributed by atoms with Gasteiger partial charge in [-0.1, -0.05) is 33.8 Å². The highest BCUT2D eigenvalue weighted by molar-refractivity contribution is 5.85. The molecule has 0 unspecified atom stereocenters. The molecule has 0 heterocycles. The van der Waals surface area contributed by atoms with Gasteiger partial charge in [-0.3, -0.25) is 4.90 Å². The molecular weight excluding hydrogens is 226 g/mol. The average Bonchev–Trinajstić information content (AvgIpc) is 2.26. The summed E-state index contributed by atoms with van der Waals surface area (Å²) in [7, 11) is 0. The molecule has 0 aliphatic carbocycles. The molecule has 0 aromatic carbocycles. The monoisotopic (exact) mass is 255 g/mol. The van der Waals surface area contributed by atoms with E-state index in [1.54, 1.807) is 6.92 Å². The summed E-state index contributed by atoms with van der Waals surface area (Å²) in [6, 6.07) is 0. The van der Waals surface area contributed by atoms with Crippen LogP contribution < -0.4 is 0 Å². The van der Waals surface area contributed by atoms with E-state index in [0.29, 0.717) is 17.4 Å². The number of carboxylic acid groups (broad SMARTS) is 1. The Labute approximate surface area is 112 Å². The SMILES string of the molecule is C/C(=C/CN(CCC(C)C)CCC(C)C)C(=O)O. The second-order valence-electron chi connectivity index (χ2n) is 5.86. The smallest absolute Gasteiger partial charge is 0.330 e. The Morgan fingerprint density at radius 1 is 1.11 bits per heavy atom. The van der Waals surface area contributed by atoms with Crippen LogP contribution in [0.1, 0.15) is 47.5 Å². The molecule has 18 heavy (non-hydrogen) atoms. The van der Waals surface area contributed by atoms with E-state index in [1.807, 2.05) is 6.08 Å². The number of nitrogens with zero attached hydrogens (tertiary/aromatic N) is 1. The fourth-order valence-corrected chi connectivity index (χ4v) is 1.53. The van der Waals surface area contributed by atoms with Gasteiger partial charge in [0, 0.05) is 12.1 Å². The van der Waals surface area contributed by atoms with Crippen LogP contribution in [0.4, 0.5) is 0 Å². The first kappa shape index (κ1) is 17.2. The summed E-state index contributed by atoms with van der Waals surface area (Å²) in [6.45, 7) is 13.4. The highest BCUT2D eigenvalue weighted by Crippen LogP contribution is 2.07. The maximum Gasteiger partial charge on any atom is 0.330 e. The zero-order valence-corrected chi connectivity index (χ0v) is 12.6. The van der Waals surface area contributed by atoms with Gasteiger partial charge in [-0.2, -0.15) is 0 Å². The van der Waals surface area contributed by atoms with Crippen molar-refractivity contribution in [2.75, 3.05) is 19.6 Å². The summed E-state index contributed by atoms with van der Waals surface area (Å²) in [5.74, 6) is 0.565. The lowest BCUT2D eigenvalue weighted by atomic mass is 10.1. The normalized spacial score (nSPS) is 12.8. The Morgan fingerprint density at radius 3 is 1.89 bits per heavy atom. The standard InChI is InChI=1S/C15H29NO2/c1-12(2)6-9-16(10-7-13(3)4)11-8-14(5)15(17)18/h8,12-13H,6-7,9-11H2,1-5H3,(H,17,18)/b14-8-. The second kappa shape index (κ2) is 9.15. The van der Waals surface area contributed by atoms with Gasteiger partial charge >= 0.3 is 5.97 Å². The molecule has 106 valence electrons. The molecule has 0 atom stereocenters. The van der Waals surface area contributed by atoms with Gasteiger partial charge in [-0.15, -0.1) is 0 Å². The van der Waals surface area contributed by atoms with Crippen molar-refractivity contribution in [3.8, 4) is 0 Å². The van der Waals surface area contributed by atoms with E-state index in [0.717, 1.165) is 32.5 Å². The molecule has 0 radical (unpaired) electrons. The molecule has 0 aromatic heterocycles. The number of rotatable bonds is 9. The van der Waals surface area contributed by atoms with E-state index < -0.39 is 5.97 Å². The van der Waals surface area contributed by atoms with Crippen LogP contribution in [-0.4, -0.2) is 35.6 Å². The number of carboxylic acids is 1. The minimum atomic E-state index is -0.817. The maximum atomic E-state index is 10.8. The Hall–Kier alpha value is -0.830. The first-order chi connectivity index (χ1) is 8.32. The van der Waals surface area contributed by atoms with Gasteiger partial charge in [0.2, 0.25) is 0 Å². The molecule has 1 N–H and O–H groups in total. The van der Waals surface area contributed by atoms with Gasteiger partial charge in [0.15, 0.2) is 0 Å². The Bertz CT molecular complexity index is 258. The minimum Gasteiger partial charge on any atom is -0.478 e. The molecule has 3 heteroatoms. The lowest BCUT2D eigenvalue weighted by Crippen LogP contribution is -2.28. The minimum absolute atomic E-state index is 0.439. The zero-order valence-electron chi connectivity index (χ0n) is 12.6. The Morgan fingerprint density at radius 2 is 1.56 bits per heavy atom. The molecule has 0 bridgehead atoms. The van der Waals surface area contributed by atoms with Crippen molar-refractivity contribution < 1.29 is 9.90 Å². The Kier molecular flexibility index (Phi) is 8.73. The van der Waals surface area contributed by atoms with Crippen LogP contribution in [0.15, 0.2) is 11.6 Å². The van der Waals surface area contributed by atoms with Gasteiger partial charge in [-0.25, -0.2) is 4.79 Å². The van der Waals surface area contributed by atoms with Gasteiger partial charge in [0.05, 0.1) is 0 Å². The first-order valence-corrected chi connectivity index (χ1v) is 6.95. The molecule has 0 amide bonds. The largest absolute Gasteiger partial charge is 0.478 e. The van der Waals surface area contributed by atoms with Gasteiger partial charge in [0.1, 0.15) is 0 Å². The van der Waals surface area contributed by atoms with Crippen molar-refractivity contribution in [1.82, 2.24) is 4.90 Å². The predicted molar refractivity (Wildman–Crippen MR) is 76.7 cm³/mol. The van der Waals surface area contributed by atoms with Crippen molar-refractivity contribution in [2.45, 2.75) is 47.5 Å². The average molecular weight is 255 g/mol. The molecule has 0 aliphatic heterocycles. The fourth-order valence-electron chi connectivity index (χ4n) is 1.53. The fraction of sp³-hybridized carbons (Fsp3) is 0.800. The maximum absolute atomic E-state index is 10.8. The van der Waals surface area contributed by atoms with E-state index in [2.05, 4.69) is 32.6 Å². The molecule has 0 rings (SSSR count). The van der Waals surface area contributed by atoms with Crippen LogP contribution in [-0.2, 0) is 4.79 Å². The molecule has 0 saturated carbocycles. The van der Waals surface area contributed by atoms with Crippen LogP contribution in [0.3, 0.4) is 0 Å². The number of aliphatic carboxylic acids is 1. The predicted octanol–water partition coefficient (Wildman–Crippen LogP) is 3.41. The molecule has 0 saturated heterocycles. The third-order valence-electron chi connectivity index (χ3n) is 3.04. The van der Waals surface area contributed by atoms with Crippen LogP contribution in [0.25, 0.3) is 0 Å². The molecule has 0 spiro atoms. The summed E-state index contributed by atoms with van der Waals surface area (Å²) >= 11 is 0. The van der Waals surface area contributed by atoms with Crippen molar-refractivity contribution in [2.24, 2.45) is 11.8 Å². The molecule has 0 aliphatic rings. The second-order valence-corrected chi connectivity index (χ2v) is 5.86. The van der Waals surface area contributed by atoms with Crippen molar-refractivity contribution in [3.05, 3.63) is 11.6 Å². The summed E-state index contributed by atoms with van der Waals surface area (Å²) in [5, 5.41) is 8.84. The third-order valence-corrected chi connectivity index (χ3v) is 3.04. The first-order valence-electron chi connectivity index (χ1n) is 6.95. The van der Waals surface area contributed by atoms with E-state index in [1.165, 1.54) is 0 Å². The van der Waals surface area contributed by atoms with Crippen molar-refractivity contribution in [3.63, 3.8) is 0 Å². The summed E-state index contributed by atoms with van der Waals surface area (Å²) < 4.78 is 0. The highest BCUT2D eigenvalue weighted by atomic mass is 16.4. The highest BCUT2D eigenvalue weighted by Gasteiger charge is 2.07. The van der Waals surface area contributed by atoms with Crippen LogP contribution in [0.5, 0.6) is 0 Å². The Balaban J connectivity index is 4.27. The van der Waals surface area contributed by atoms with Gasteiger partial charge < -0.3 is 5.11 Å². The van der Waals surface area contributed by atoms with E-state index in [-0.39, 0.29) is 0 Å². The third kappa shape index (κ3) is 9.23. The van der Waals surface area contributed by atoms with Gasteiger partial charge in [0.25, 0.3) is 0 Å². The molecule has 3 nitrogen and oxygen atoms in total. The van der Waals surface area contributed by atoms with E-state index >= 15 is 0 Å². The van der Waals surface area contributed by atoms with Crippen molar-refractivity contribution >= 4 is 5.97 Å².